The third-order valence-electron chi connectivity index (χ3n) is 3.90. The molecule has 1 aromatic carbocycles. The van der Waals surface area contributed by atoms with Crippen LogP contribution in [-0.4, -0.2) is 30.5 Å². The number of aliphatic hydroxyl groups is 1. The molecular weight excluding hydrogens is 337 g/mol. The molecule has 0 saturated heterocycles. The summed E-state index contributed by atoms with van der Waals surface area (Å²) >= 11 is 0. The van der Waals surface area contributed by atoms with Crippen LogP contribution in [0.4, 0.5) is 13.2 Å². The highest BCUT2D eigenvalue weighted by Gasteiger charge is 2.33. The molecule has 1 N–H and O–H groups in total. The van der Waals surface area contributed by atoms with E-state index in [-0.39, 0.29) is 24.0 Å². The Bertz CT molecular complexity index is 962. The van der Waals surface area contributed by atoms with Crippen molar-refractivity contribution in [3.63, 3.8) is 0 Å². The zero-order chi connectivity index (χ0) is 18.2. The third-order valence-corrected chi connectivity index (χ3v) is 3.90. The quantitative estimate of drug-likeness (QED) is 0.777. The van der Waals surface area contributed by atoms with Gasteiger partial charge in [0, 0.05) is 13.5 Å². The van der Waals surface area contributed by atoms with Crippen LogP contribution in [0.25, 0.3) is 11.0 Å². The molecule has 1 unspecified atom stereocenters. The molecule has 2 heterocycles. The number of rotatable bonds is 4. The van der Waals surface area contributed by atoms with Gasteiger partial charge in [0.25, 0.3) is 5.56 Å². The summed E-state index contributed by atoms with van der Waals surface area (Å²) in [5.74, 6) is 0. The Kier molecular flexibility index (Phi) is 4.34. The molecule has 1 atom stereocenters. The first kappa shape index (κ1) is 17.2. The molecule has 2 aromatic heterocycles. The van der Waals surface area contributed by atoms with Gasteiger partial charge in [-0.05, 0) is 11.6 Å². The first-order valence-corrected chi connectivity index (χ1v) is 7.47. The summed E-state index contributed by atoms with van der Waals surface area (Å²) in [5, 5.41) is 14.1. The fourth-order valence-electron chi connectivity index (χ4n) is 2.74. The summed E-state index contributed by atoms with van der Waals surface area (Å²) in [6.07, 6.45) is -3.20. The molecular formula is C16H15F3N4O2. The van der Waals surface area contributed by atoms with Crippen LogP contribution < -0.4 is 5.56 Å². The van der Waals surface area contributed by atoms with Crippen LogP contribution in [0.2, 0.25) is 0 Å². The second kappa shape index (κ2) is 6.32. The molecule has 0 radical (unpaired) electrons. The van der Waals surface area contributed by atoms with E-state index < -0.39 is 23.4 Å². The zero-order valence-corrected chi connectivity index (χ0v) is 13.2. The summed E-state index contributed by atoms with van der Waals surface area (Å²) in [5.41, 5.74) is -0.536. The highest BCUT2D eigenvalue weighted by atomic mass is 19.4. The van der Waals surface area contributed by atoms with Crippen molar-refractivity contribution in [1.29, 1.82) is 0 Å². The molecule has 0 amide bonds. The first-order chi connectivity index (χ1) is 11.8. The maximum absolute atomic E-state index is 13.0. The minimum Gasteiger partial charge on any atom is -0.391 e. The number of fused-ring (bicyclic) bond motifs is 1. The number of alkyl halides is 3. The third kappa shape index (κ3) is 3.41. The molecule has 0 aliphatic heterocycles. The molecule has 6 nitrogen and oxygen atoms in total. The summed E-state index contributed by atoms with van der Waals surface area (Å²) in [6, 6.07) is 5.06. The Balaban J connectivity index is 1.85. The first-order valence-electron chi connectivity index (χ1n) is 7.47. The van der Waals surface area contributed by atoms with E-state index in [1.54, 1.807) is 7.05 Å². The second-order valence-corrected chi connectivity index (χ2v) is 5.72. The Morgan fingerprint density at radius 1 is 1.28 bits per heavy atom. The lowest BCUT2D eigenvalue weighted by atomic mass is 10.0. The van der Waals surface area contributed by atoms with Gasteiger partial charge in [-0.1, -0.05) is 18.2 Å². The number of benzene rings is 1. The van der Waals surface area contributed by atoms with Crippen LogP contribution in [0.1, 0.15) is 11.1 Å². The predicted octanol–water partition coefficient (Wildman–Crippen LogP) is 1.75. The molecule has 3 aromatic rings. The van der Waals surface area contributed by atoms with Crippen LogP contribution >= 0.6 is 0 Å². The molecule has 0 aliphatic rings. The van der Waals surface area contributed by atoms with Crippen molar-refractivity contribution in [3.05, 3.63) is 58.3 Å². The van der Waals surface area contributed by atoms with E-state index in [0.29, 0.717) is 5.52 Å². The van der Waals surface area contributed by atoms with Crippen molar-refractivity contribution >= 4 is 11.0 Å². The number of halogens is 3. The molecule has 0 spiro atoms. The fraction of sp³-hybridized carbons (Fsp3) is 0.312. The zero-order valence-electron chi connectivity index (χ0n) is 13.2. The van der Waals surface area contributed by atoms with E-state index >= 15 is 0 Å². The molecule has 132 valence electrons. The summed E-state index contributed by atoms with van der Waals surface area (Å²) in [7, 11) is 1.59. The topological polar surface area (TPSA) is 72.9 Å². The minimum atomic E-state index is -4.50. The SMILES string of the molecule is Cn1ncc2ncn(CC(O)Cc3ccccc3C(F)(F)F)c(=O)c21. The molecule has 0 saturated carbocycles. The molecule has 9 heteroatoms. The number of aryl methyl sites for hydroxylation is 1. The van der Waals surface area contributed by atoms with Gasteiger partial charge < -0.3 is 5.11 Å². The number of aliphatic hydroxyl groups excluding tert-OH is 1. The minimum absolute atomic E-state index is 0.0230. The van der Waals surface area contributed by atoms with Crippen LogP contribution in [0.15, 0.2) is 41.6 Å². The Labute approximate surface area is 140 Å². The maximum atomic E-state index is 13.0. The number of hydrogen-bond acceptors (Lipinski definition) is 4. The van der Waals surface area contributed by atoms with Gasteiger partial charge in [0.15, 0.2) is 5.52 Å². The smallest absolute Gasteiger partial charge is 0.391 e. The Morgan fingerprint density at radius 2 is 2.00 bits per heavy atom. The number of nitrogens with zero attached hydrogens (tertiary/aromatic N) is 4. The van der Waals surface area contributed by atoms with E-state index in [0.717, 1.165) is 6.07 Å². The molecule has 0 aliphatic carbocycles. The largest absolute Gasteiger partial charge is 0.416 e. The van der Waals surface area contributed by atoms with Crippen molar-refractivity contribution < 1.29 is 18.3 Å². The monoisotopic (exact) mass is 352 g/mol. The highest BCUT2D eigenvalue weighted by Crippen LogP contribution is 2.32. The van der Waals surface area contributed by atoms with Gasteiger partial charge in [-0.3, -0.25) is 14.0 Å². The van der Waals surface area contributed by atoms with Crippen LogP contribution in [0.5, 0.6) is 0 Å². The summed E-state index contributed by atoms with van der Waals surface area (Å²) < 4.78 is 41.6. The predicted molar refractivity (Wildman–Crippen MR) is 83.9 cm³/mol. The van der Waals surface area contributed by atoms with Crippen molar-refractivity contribution in [2.24, 2.45) is 7.05 Å². The maximum Gasteiger partial charge on any atom is 0.416 e. The lowest BCUT2D eigenvalue weighted by Crippen LogP contribution is -2.29. The lowest BCUT2D eigenvalue weighted by molar-refractivity contribution is -0.138. The van der Waals surface area contributed by atoms with Crippen LogP contribution in [0.3, 0.4) is 0 Å². The van der Waals surface area contributed by atoms with E-state index in [2.05, 4.69) is 10.1 Å². The summed E-state index contributed by atoms with van der Waals surface area (Å²) in [6.45, 7) is -0.168. The van der Waals surface area contributed by atoms with Gasteiger partial charge in [-0.25, -0.2) is 4.98 Å². The highest BCUT2D eigenvalue weighted by molar-refractivity contribution is 5.72. The number of hydrogen-bond donors (Lipinski definition) is 1. The molecule has 0 fully saturated rings. The number of aromatic nitrogens is 4. The van der Waals surface area contributed by atoms with Crippen molar-refractivity contribution in [2.75, 3.05) is 0 Å². The van der Waals surface area contributed by atoms with Gasteiger partial charge in [0.1, 0.15) is 5.52 Å². The van der Waals surface area contributed by atoms with E-state index in [1.807, 2.05) is 0 Å². The van der Waals surface area contributed by atoms with Crippen molar-refractivity contribution in [2.45, 2.75) is 25.2 Å². The molecule has 3 rings (SSSR count). The average Bonchev–Trinajstić information content (AvgIpc) is 2.91. The molecule has 0 bridgehead atoms. The normalized spacial score (nSPS) is 13.3. The van der Waals surface area contributed by atoms with Gasteiger partial charge in [-0.15, -0.1) is 0 Å². The lowest BCUT2D eigenvalue weighted by Gasteiger charge is -2.16. The van der Waals surface area contributed by atoms with Gasteiger partial charge in [-0.2, -0.15) is 18.3 Å². The Morgan fingerprint density at radius 3 is 2.72 bits per heavy atom. The van der Waals surface area contributed by atoms with Crippen molar-refractivity contribution in [1.82, 2.24) is 19.3 Å². The van der Waals surface area contributed by atoms with E-state index in [4.69, 9.17) is 0 Å². The Hall–Kier alpha value is -2.68. The van der Waals surface area contributed by atoms with Gasteiger partial charge >= 0.3 is 6.18 Å². The van der Waals surface area contributed by atoms with E-state index in [9.17, 15) is 23.1 Å². The van der Waals surface area contributed by atoms with Crippen molar-refractivity contribution in [3.8, 4) is 0 Å². The second-order valence-electron chi connectivity index (χ2n) is 5.72. The van der Waals surface area contributed by atoms with Gasteiger partial charge in [0.05, 0.1) is 30.7 Å². The van der Waals surface area contributed by atoms with Crippen LogP contribution in [0, 0.1) is 0 Å². The summed E-state index contributed by atoms with van der Waals surface area (Å²) in [4.78, 5) is 16.5. The van der Waals surface area contributed by atoms with Crippen LogP contribution in [-0.2, 0) is 26.2 Å². The molecule has 25 heavy (non-hydrogen) atoms. The average molecular weight is 352 g/mol. The van der Waals surface area contributed by atoms with E-state index in [1.165, 1.54) is 40.0 Å². The standard InChI is InChI=1S/C16H15F3N4O2/c1-22-14-13(7-21-22)20-9-23(15(14)25)8-11(24)6-10-4-2-3-5-12(10)16(17,18)19/h2-5,7,9,11,24H,6,8H2,1H3. The fourth-order valence-corrected chi connectivity index (χ4v) is 2.74. The van der Waals surface area contributed by atoms with Gasteiger partial charge in [0.2, 0.25) is 0 Å².